The average Bonchev–Trinajstić information content (AvgIpc) is 3.05. The maximum Gasteiger partial charge on any atom is 0.258 e. The van der Waals surface area contributed by atoms with Gasteiger partial charge in [-0.1, -0.05) is 35.5 Å². The highest BCUT2D eigenvalue weighted by molar-refractivity contribution is 6.05. The van der Waals surface area contributed by atoms with Gasteiger partial charge in [0.1, 0.15) is 5.76 Å². The maximum atomic E-state index is 12.2. The molecule has 126 valence electrons. The van der Waals surface area contributed by atoms with Crippen LogP contribution in [0.2, 0.25) is 0 Å². The fraction of sp³-hybridized carbons (Fsp3) is 0.111. The van der Waals surface area contributed by atoms with Crippen LogP contribution in [-0.2, 0) is 6.54 Å². The van der Waals surface area contributed by atoms with E-state index in [9.17, 15) is 9.59 Å². The molecule has 0 bridgehead atoms. The molecule has 7 heteroatoms. The number of amides is 2. The quantitative estimate of drug-likeness (QED) is 0.746. The Morgan fingerprint density at radius 3 is 2.44 bits per heavy atom. The number of hydrogen-bond donors (Lipinski definition) is 2. The summed E-state index contributed by atoms with van der Waals surface area (Å²) in [4.78, 5) is 28.4. The van der Waals surface area contributed by atoms with Gasteiger partial charge in [0.25, 0.3) is 11.8 Å². The first-order valence-electron chi connectivity index (χ1n) is 7.63. The second-order valence-corrected chi connectivity index (χ2v) is 5.41. The van der Waals surface area contributed by atoms with Crippen LogP contribution in [0.15, 0.2) is 59.4 Å². The molecule has 3 aromatic rings. The molecule has 0 saturated heterocycles. The lowest BCUT2D eigenvalue weighted by atomic mass is 10.1. The summed E-state index contributed by atoms with van der Waals surface area (Å²) in [7, 11) is 0. The summed E-state index contributed by atoms with van der Waals surface area (Å²) in [6.07, 6.45) is 2.80. The van der Waals surface area contributed by atoms with Gasteiger partial charge in [0, 0.05) is 25.0 Å². The van der Waals surface area contributed by atoms with Crippen molar-refractivity contribution in [3.8, 4) is 0 Å². The van der Waals surface area contributed by atoms with Gasteiger partial charge < -0.3 is 15.2 Å². The van der Waals surface area contributed by atoms with Crippen LogP contribution < -0.4 is 10.6 Å². The van der Waals surface area contributed by atoms with E-state index in [1.54, 1.807) is 13.0 Å². The number of hydrogen-bond acceptors (Lipinski definition) is 5. The van der Waals surface area contributed by atoms with E-state index < -0.39 is 5.91 Å². The first-order chi connectivity index (χ1) is 12.1. The molecule has 25 heavy (non-hydrogen) atoms. The Morgan fingerprint density at radius 1 is 1.04 bits per heavy atom. The van der Waals surface area contributed by atoms with Crippen LogP contribution in [0.25, 0.3) is 0 Å². The van der Waals surface area contributed by atoms with Crippen LogP contribution in [0.5, 0.6) is 0 Å². The van der Waals surface area contributed by atoms with E-state index in [0.717, 1.165) is 5.56 Å². The molecule has 0 fully saturated rings. The summed E-state index contributed by atoms with van der Waals surface area (Å²) < 4.78 is 4.89. The lowest BCUT2D eigenvalue weighted by Crippen LogP contribution is -2.23. The molecule has 2 aromatic heterocycles. The van der Waals surface area contributed by atoms with Gasteiger partial charge in [0.05, 0.1) is 11.1 Å². The van der Waals surface area contributed by atoms with Crippen molar-refractivity contribution in [3.63, 3.8) is 0 Å². The van der Waals surface area contributed by atoms with Crippen molar-refractivity contribution in [2.75, 3.05) is 5.32 Å². The van der Waals surface area contributed by atoms with E-state index in [0.29, 0.717) is 23.7 Å². The number of pyridine rings is 1. The molecule has 0 unspecified atom stereocenters. The van der Waals surface area contributed by atoms with Gasteiger partial charge >= 0.3 is 0 Å². The topological polar surface area (TPSA) is 97.1 Å². The molecule has 0 saturated carbocycles. The normalized spacial score (nSPS) is 10.3. The van der Waals surface area contributed by atoms with Crippen LogP contribution in [0.3, 0.4) is 0 Å². The molecule has 0 aliphatic rings. The van der Waals surface area contributed by atoms with Gasteiger partial charge in [-0.3, -0.25) is 14.6 Å². The Labute approximate surface area is 144 Å². The van der Waals surface area contributed by atoms with Crippen LogP contribution in [0.4, 0.5) is 5.82 Å². The van der Waals surface area contributed by atoms with Crippen LogP contribution in [0.1, 0.15) is 32.0 Å². The van der Waals surface area contributed by atoms with Gasteiger partial charge in [-0.2, -0.15) is 0 Å². The van der Waals surface area contributed by atoms with Gasteiger partial charge in [-0.25, -0.2) is 0 Å². The van der Waals surface area contributed by atoms with Gasteiger partial charge in [-0.15, -0.1) is 0 Å². The minimum atomic E-state index is -0.418. The van der Waals surface area contributed by atoms with Crippen molar-refractivity contribution in [1.29, 1.82) is 0 Å². The van der Waals surface area contributed by atoms with E-state index >= 15 is 0 Å². The summed E-state index contributed by atoms with van der Waals surface area (Å²) in [6.45, 7) is 2.12. The number of aromatic nitrogens is 2. The summed E-state index contributed by atoms with van der Waals surface area (Å²) in [5.74, 6) is 0.172. The lowest BCUT2D eigenvalue weighted by Gasteiger charge is -2.06. The van der Waals surface area contributed by atoms with E-state index in [1.807, 2.05) is 30.3 Å². The molecule has 0 aliphatic carbocycles. The number of aryl methyl sites for hydroxylation is 1. The van der Waals surface area contributed by atoms with Crippen molar-refractivity contribution in [2.24, 2.45) is 0 Å². The van der Waals surface area contributed by atoms with Crippen LogP contribution in [-0.4, -0.2) is 22.0 Å². The van der Waals surface area contributed by atoms with E-state index in [1.165, 1.54) is 18.5 Å². The zero-order valence-corrected chi connectivity index (χ0v) is 13.5. The molecule has 7 nitrogen and oxygen atoms in total. The standard InChI is InChI=1S/C18H16N4O3/c1-12-7-16(22-25-12)21-18(24)15-8-14(10-19-11-15)17(23)20-9-13-5-3-2-4-6-13/h2-8,10-11H,9H2,1H3,(H,20,23)(H,21,22,24). The highest BCUT2D eigenvalue weighted by atomic mass is 16.5. The zero-order valence-electron chi connectivity index (χ0n) is 13.5. The largest absolute Gasteiger partial charge is 0.360 e. The smallest absolute Gasteiger partial charge is 0.258 e. The fourth-order valence-electron chi connectivity index (χ4n) is 2.18. The van der Waals surface area contributed by atoms with Crippen molar-refractivity contribution >= 4 is 17.6 Å². The molecule has 0 spiro atoms. The van der Waals surface area contributed by atoms with Gasteiger partial charge in [0.15, 0.2) is 5.82 Å². The molecule has 0 atom stereocenters. The van der Waals surface area contributed by atoms with Crippen molar-refractivity contribution in [3.05, 3.63) is 77.3 Å². The highest BCUT2D eigenvalue weighted by Gasteiger charge is 2.13. The number of benzene rings is 1. The third kappa shape index (κ3) is 4.29. The summed E-state index contributed by atoms with van der Waals surface area (Å²) >= 11 is 0. The molecule has 2 amide bonds. The summed E-state index contributed by atoms with van der Waals surface area (Å²) in [6, 6.07) is 12.6. The Bertz CT molecular complexity index is 890. The van der Waals surface area contributed by atoms with E-state index in [4.69, 9.17) is 4.52 Å². The number of carbonyl (C=O) groups excluding carboxylic acids is 2. The highest BCUT2D eigenvalue weighted by Crippen LogP contribution is 2.10. The number of nitrogens with zero attached hydrogens (tertiary/aromatic N) is 2. The van der Waals surface area contributed by atoms with Gasteiger partial charge in [0.2, 0.25) is 0 Å². The number of carbonyl (C=O) groups is 2. The fourth-order valence-corrected chi connectivity index (χ4v) is 2.18. The SMILES string of the molecule is Cc1cc(NC(=O)c2cncc(C(=O)NCc3ccccc3)c2)no1. The predicted molar refractivity (Wildman–Crippen MR) is 91.0 cm³/mol. The molecular formula is C18H16N4O3. The number of rotatable bonds is 5. The maximum absolute atomic E-state index is 12.2. The first-order valence-corrected chi connectivity index (χ1v) is 7.63. The van der Waals surface area contributed by atoms with Crippen molar-refractivity contribution < 1.29 is 14.1 Å². The third-order valence-corrected chi connectivity index (χ3v) is 3.43. The minimum absolute atomic E-state index is 0.257. The molecule has 0 radical (unpaired) electrons. The number of nitrogens with one attached hydrogen (secondary N) is 2. The molecule has 1 aromatic carbocycles. The predicted octanol–water partition coefficient (Wildman–Crippen LogP) is 2.56. The monoisotopic (exact) mass is 336 g/mol. The number of anilines is 1. The van der Waals surface area contributed by atoms with Crippen molar-refractivity contribution in [1.82, 2.24) is 15.5 Å². The average molecular weight is 336 g/mol. The molecule has 3 rings (SSSR count). The zero-order chi connectivity index (χ0) is 17.6. The molecule has 2 heterocycles. The van der Waals surface area contributed by atoms with Crippen LogP contribution in [0, 0.1) is 6.92 Å². The Balaban J connectivity index is 1.66. The van der Waals surface area contributed by atoms with E-state index in [-0.39, 0.29) is 11.5 Å². The second kappa shape index (κ2) is 7.39. The van der Waals surface area contributed by atoms with Crippen LogP contribution >= 0.6 is 0 Å². The van der Waals surface area contributed by atoms with Crippen molar-refractivity contribution in [2.45, 2.75) is 13.5 Å². The lowest BCUT2D eigenvalue weighted by molar-refractivity contribution is 0.0950. The summed E-state index contributed by atoms with van der Waals surface area (Å²) in [5.41, 5.74) is 1.55. The Morgan fingerprint density at radius 2 is 1.76 bits per heavy atom. The molecule has 2 N–H and O–H groups in total. The van der Waals surface area contributed by atoms with E-state index in [2.05, 4.69) is 20.8 Å². The Hall–Kier alpha value is -3.48. The Kier molecular flexibility index (Phi) is 4.84. The second-order valence-electron chi connectivity index (χ2n) is 5.41. The molecule has 0 aliphatic heterocycles. The third-order valence-electron chi connectivity index (χ3n) is 3.43. The first kappa shape index (κ1) is 16.4. The summed E-state index contributed by atoms with van der Waals surface area (Å²) in [5, 5.41) is 9.08. The molecular weight excluding hydrogens is 320 g/mol. The minimum Gasteiger partial charge on any atom is -0.360 e. The van der Waals surface area contributed by atoms with Gasteiger partial charge in [-0.05, 0) is 18.6 Å².